The number of nitrogens with zero attached hydrogens (tertiary/aromatic N) is 1. The van der Waals surface area contributed by atoms with E-state index < -0.39 is 0 Å². The molecule has 0 saturated heterocycles. The SMILES string of the molecule is CN=C(NCCc1cc(F)cc2c1OCOC2)NCC(CO)c1ccccc1. The van der Waals surface area contributed by atoms with Crippen molar-refractivity contribution < 1.29 is 19.0 Å². The summed E-state index contributed by atoms with van der Waals surface area (Å²) < 4.78 is 24.6. The molecule has 0 fully saturated rings. The van der Waals surface area contributed by atoms with E-state index >= 15 is 0 Å². The molecule has 0 spiro atoms. The fourth-order valence-corrected chi connectivity index (χ4v) is 3.21. The smallest absolute Gasteiger partial charge is 0.191 e. The number of nitrogens with one attached hydrogen (secondary N) is 2. The molecule has 0 aromatic heterocycles. The van der Waals surface area contributed by atoms with Gasteiger partial charge in [0, 0.05) is 31.6 Å². The quantitative estimate of drug-likeness (QED) is 0.502. The van der Waals surface area contributed by atoms with Gasteiger partial charge in [0.25, 0.3) is 0 Å². The lowest BCUT2D eigenvalue weighted by atomic mass is 10.0. The molecule has 1 heterocycles. The maximum Gasteiger partial charge on any atom is 0.191 e. The minimum absolute atomic E-state index is 0.0246. The topological polar surface area (TPSA) is 75.1 Å². The van der Waals surface area contributed by atoms with E-state index in [0.29, 0.717) is 37.8 Å². The zero-order chi connectivity index (χ0) is 19.8. The van der Waals surface area contributed by atoms with Crippen molar-refractivity contribution in [2.75, 3.05) is 33.5 Å². The molecule has 0 amide bonds. The van der Waals surface area contributed by atoms with Crippen LogP contribution in [0.3, 0.4) is 0 Å². The van der Waals surface area contributed by atoms with Gasteiger partial charge in [-0.1, -0.05) is 30.3 Å². The van der Waals surface area contributed by atoms with Crippen LogP contribution in [0.2, 0.25) is 0 Å². The molecule has 3 N–H and O–H groups in total. The number of aliphatic hydroxyl groups excluding tert-OH is 1. The van der Waals surface area contributed by atoms with Crippen LogP contribution < -0.4 is 15.4 Å². The number of ether oxygens (including phenoxy) is 2. The standard InChI is InChI=1S/C21H26FN3O3/c1-23-21(25-11-18(12-26)15-5-3-2-4-6-15)24-8-7-16-9-19(22)10-17-13-27-14-28-20(16)17/h2-6,9-10,18,26H,7-8,11-14H2,1H3,(H2,23,24,25). The summed E-state index contributed by atoms with van der Waals surface area (Å²) in [6, 6.07) is 12.8. The first-order valence-corrected chi connectivity index (χ1v) is 9.33. The highest BCUT2D eigenvalue weighted by atomic mass is 19.1. The van der Waals surface area contributed by atoms with E-state index in [1.54, 1.807) is 7.05 Å². The monoisotopic (exact) mass is 387 g/mol. The first kappa shape index (κ1) is 20.1. The Morgan fingerprint density at radius 2 is 2.07 bits per heavy atom. The molecule has 28 heavy (non-hydrogen) atoms. The van der Waals surface area contributed by atoms with Crippen molar-refractivity contribution in [1.29, 1.82) is 0 Å². The third-order valence-corrected chi connectivity index (χ3v) is 4.67. The van der Waals surface area contributed by atoms with E-state index in [2.05, 4.69) is 15.6 Å². The number of hydrogen-bond acceptors (Lipinski definition) is 4. The molecule has 1 aliphatic heterocycles. The summed E-state index contributed by atoms with van der Waals surface area (Å²) in [7, 11) is 1.69. The van der Waals surface area contributed by atoms with Gasteiger partial charge in [-0.15, -0.1) is 0 Å². The van der Waals surface area contributed by atoms with Crippen molar-refractivity contribution in [3.05, 3.63) is 65.0 Å². The molecule has 1 atom stereocenters. The van der Waals surface area contributed by atoms with Gasteiger partial charge in [-0.3, -0.25) is 4.99 Å². The summed E-state index contributed by atoms with van der Waals surface area (Å²) in [6.45, 7) is 1.71. The average molecular weight is 387 g/mol. The third-order valence-electron chi connectivity index (χ3n) is 4.67. The molecule has 0 aliphatic carbocycles. The zero-order valence-electron chi connectivity index (χ0n) is 16.0. The molecule has 1 unspecified atom stereocenters. The van der Waals surface area contributed by atoms with Crippen LogP contribution in [-0.4, -0.2) is 44.6 Å². The lowest BCUT2D eigenvalue weighted by molar-refractivity contribution is -0.0172. The maximum atomic E-state index is 13.8. The first-order valence-electron chi connectivity index (χ1n) is 9.33. The van der Waals surface area contributed by atoms with Crippen LogP contribution >= 0.6 is 0 Å². The van der Waals surface area contributed by atoms with Crippen molar-refractivity contribution in [3.63, 3.8) is 0 Å². The van der Waals surface area contributed by atoms with Crippen molar-refractivity contribution in [2.45, 2.75) is 18.9 Å². The molecule has 3 rings (SSSR count). The van der Waals surface area contributed by atoms with Crippen molar-refractivity contribution >= 4 is 5.96 Å². The second-order valence-electron chi connectivity index (χ2n) is 6.58. The van der Waals surface area contributed by atoms with Gasteiger partial charge in [0.15, 0.2) is 12.8 Å². The number of rotatable bonds is 7. The van der Waals surface area contributed by atoms with Gasteiger partial charge in [-0.2, -0.15) is 0 Å². The number of fused-ring (bicyclic) bond motifs is 1. The summed E-state index contributed by atoms with van der Waals surface area (Å²) in [5.41, 5.74) is 2.61. The van der Waals surface area contributed by atoms with E-state index in [-0.39, 0.29) is 25.1 Å². The molecule has 2 aromatic rings. The Hall–Kier alpha value is -2.64. The van der Waals surface area contributed by atoms with Gasteiger partial charge in [-0.05, 0) is 29.7 Å². The predicted molar refractivity (Wildman–Crippen MR) is 106 cm³/mol. The highest BCUT2D eigenvalue weighted by Crippen LogP contribution is 2.29. The van der Waals surface area contributed by atoms with Crippen molar-refractivity contribution in [3.8, 4) is 5.75 Å². The summed E-state index contributed by atoms with van der Waals surface area (Å²) in [6.07, 6.45) is 0.586. The first-order chi connectivity index (χ1) is 13.7. The fraction of sp³-hybridized carbons (Fsp3) is 0.381. The molecular formula is C21H26FN3O3. The van der Waals surface area contributed by atoms with E-state index in [9.17, 15) is 9.50 Å². The van der Waals surface area contributed by atoms with Crippen LogP contribution in [0, 0.1) is 5.82 Å². The number of hydrogen-bond donors (Lipinski definition) is 3. The molecule has 1 aliphatic rings. The number of guanidine groups is 1. The van der Waals surface area contributed by atoms with Gasteiger partial charge in [0.1, 0.15) is 11.6 Å². The largest absolute Gasteiger partial charge is 0.467 e. The molecule has 6 nitrogen and oxygen atoms in total. The van der Waals surface area contributed by atoms with Crippen molar-refractivity contribution in [1.82, 2.24) is 10.6 Å². The zero-order valence-corrected chi connectivity index (χ0v) is 16.0. The van der Waals surface area contributed by atoms with E-state index in [0.717, 1.165) is 16.7 Å². The van der Waals surface area contributed by atoms with Crippen LogP contribution in [0.4, 0.5) is 4.39 Å². The molecule has 0 saturated carbocycles. The maximum absolute atomic E-state index is 13.8. The Morgan fingerprint density at radius 1 is 1.25 bits per heavy atom. The Labute approximate surface area is 164 Å². The Morgan fingerprint density at radius 3 is 2.82 bits per heavy atom. The second kappa shape index (κ2) is 10.1. The summed E-state index contributed by atoms with van der Waals surface area (Å²) in [5.74, 6) is 1.02. The average Bonchev–Trinajstić information content (AvgIpc) is 2.73. The minimum atomic E-state index is -0.293. The predicted octanol–water partition coefficient (Wildman–Crippen LogP) is 2.18. The molecule has 150 valence electrons. The lowest BCUT2D eigenvalue weighted by Gasteiger charge is -2.21. The van der Waals surface area contributed by atoms with Crippen LogP contribution in [0.25, 0.3) is 0 Å². The van der Waals surface area contributed by atoms with Crippen LogP contribution in [0.5, 0.6) is 5.75 Å². The van der Waals surface area contributed by atoms with Crippen molar-refractivity contribution in [2.24, 2.45) is 4.99 Å². The summed E-state index contributed by atoms with van der Waals surface area (Å²) >= 11 is 0. The fourth-order valence-electron chi connectivity index (χ4n) is 3.21. The number of benzene rings is 2. The van der Waals surface area contributed by atoms with Gasteiger partial charge in [-0.25, -0.2) is 4.39 Å². The number of halogens is 1. The van der Waals surface area contributed by atoms with E-state index in [4.69, 9.17) is 9.47 Å². The third kappa shape index (κ3) is 5.21. The van der Waals surface area contributed by atoms with E-state index in [1.807, 2.05) is 30.3 Å². The molecule has 0 bridgehead atoms. The van der Waals surface area contributed by atoms with Gasteiger partial charge in [0.05, 0.1) is 13.2 Å². The highest BCUT2D eigenvalue weighted by molar-refractivity contribution is 5.79. The summed E-state index contributed by atoms with van der Waals surface area (Å²) in [5, 5.41) is 16.1. The van der Waals surface area contributed by atoms with Crippen LogP contribution in [-0.2, 0) is 17.8 Å². The number of aliphatic imine (C=N–C) groups is 1. The Kier molecular flexibility index (Phi) is 7.22. The van der Waals surface area contributed by atoms with Crippen LogP contribution in [0.1, 0.15) is 22.6 Å². The van der Waals surface area contributed by atoms with E-state index in [1.165, 1.54) is 12.1 Å². The highest BCUT2D eigenvalue weighted by Gasteiger charge is 2.17. The normalized spacial score (nSPS) is 14.8. The molecule has 7 heteroatoms. The molecule has 2 aromatic carbocycles. The Balaban J connectivity index is 1.53. The summed E-state index contributed by atoms with van der Waals surface area (Å²) in [4.78, 5) is 4.21. The van der Waals surface area contributed by atoms with Gasteiger partial charge < -0.3 is 25.2 Å². The lowest BCUT2D eigenvalue weighted by Crippen LogP contribution is -2.40. The molecular weight excluding hydrogens is 361 g/mol. The Bertz CT molecular complexity index is 799. The molecule has 0 radical (unpaired) electrons. The number of aliphatic hydroxyl groups is 1. The second-order valence-corrected chi connectivity index (χ2v) is 6.58. The van der Waals surface area contributed by atoms with Gasteiger partial charge in [0.2, 0.25) is 0 Å². The van der Waals surface area contributed by atoms with Crippen LogP contribution in [0.15, 0.2) is 47.5 Å². The van der Waals surface area contributed by atoms with Gasteiger partial charge >= 0.3 is 0 Å². The minimum Gasteiger partial charge on any atom is -0.467 e.